The van der Waals surface area contributed by atoms with E-state index < -0.39 is 0 Å². The highest BCUT2D eigenvalue weighted by molar-refractivity contribution is 5.85. The van der Waals surface area contributed by atoms with Gasteiger partial charge in [-0.2, -0.15) is 0 Å². The summed E-state index contributed by atoms with van der Waals surface area (Å²) in [5.41, 5.74) is 0. The normalized spacial score (nSPS) is 18.6. The number of amides is 1. The molecule has 1 amide bonds. The van der Waals surface area contributed by atoms with Gasteiger partial charge >= 0.3 is 0 Å². The summed E-state index contributed by atoms with van der Waals surface area (Å²) in [7, 11) is 1.55. The van der Waals surface area contributed by atoms with Crippen molar-refractivity contribution >= 4 is 18.3 Å². The molecule has 0 aromatic rings. The Bertz CT molecular complexity index is 219. The van der Waals surface area contributed by atoms with Crippen LogP contribution in [0.5, 0.6) is 0 Å². The first-order valence-corrected chi connectivity index (χ1v) is 6.78. The zero-order valence-electron chi connectivity index (χ0n) is 11.5. The van der Waals surface area contributed by atoms with Gasteiger partial charge in [0.2, 0.25) is 5.91 Å². The lowest BCUT2D eigenvalue weighted by atomic mass is 10.1. The zero-order valence-corrected chi connectivity index (χ0v) is 12.4. The minimum absolute atomic E-state index is 0. The minimum Gasteiger partial charge on any atom is -0.372 e. The average molecular weight is 279 g/mol. The molecule has 0 heterocycles. The summed E-state index contributed by atoms with van der Waals surface area (Å²) in [4.78, 5) is 11.4. The average Bonchev–Trinajstić information content (AvgIpc) is 2.61. The predicted octanol–water partition coefficient (Wildman–Crippen LogP) is 1.87. The molecule has 0 bridgehead atoms. The fourth-order valence-corrected chi connectivity index (χ4v) is 2.20. The van der Waals surface area contributed by atoms with Gasteiger partial charge in [-0.1, -0.05) is 25.7 Å². The van der Waals surface area contributed by atoms with Crippen molar-refractivity contribution in [1.29, 1.82) is 0 Å². The van der Waals surface area contributed by atoms with E-state index in [1.807, 2.05) is 0 Å². The van der Waals surface area contributed by atoms with E-state index in [0.717, 1.165) is 6.54 Å². The summed E-state index contributed by atoms with van der Waals surface area (Å²) in [5, 5.41) is 6.38. The van der Waals surface area contributed by atoms with E-state index in [1.165, 1.54) is 38.5 Å². The molecule has 1 unspecified atom stereocenters. The number of carbonyl (C=O) groups excluding carboxylic acids is 1. The van der Waals surface area contributed by atoms with Crippen LogP contribution in [0.15, 0.2) is 0 Å². The van der Waals surface area contributed by atoms with E-state index in [9.17, 15) is 4.79 Å². The number of methoxy groups -OCH3 is 1. The monoisotopic (exact) mass is 278 g/mol. The Kier molecular flexibility index (Phi) is 10.4. The maximum atomic E-state index is 11.4. The Hall–Kier alpha value is -0.320. The number of hydrogen-bond acceptors (Lipinski definition) is 3. The predicted molar refractivity (Wildman–Crippen MR) is 76.2 cm³/mol. The van der Waals surface area contributed by atoms with Gasteiger partial charge < -0.3 is 15.4 Å². The number of carbonyl (C=O) groups is 1. The van der Waals surface area contributed by atoms with Crippen molar-refractivity contribution < 1.29 is 9.53 Å². The van der Waals surface area contributed by atoms with E-state index in [1.54, 1.807) is 14.0 Å². The highest BCUT2D eigenvalue weighted by Crippen LogP contribution is 2.16. The second-order valence-electron chi connectivity index (χ2n) is 4.81. The van der Waals surface area contributed by atoms with Gasteiger partial charge in [0, 0.05) is 26.2 Å². The lowest BCUT2D eigenvalue weighted by molar-refractivity contribution is -0.129. The van der Waals surface area contributed by atoms with Crippen molar-refractivity contribution in [3.05, 3.63) is 0 Å². The molecule has 18 heavy (non-hydrogen) atoms. The van der Waals surface area contributed by atoms with Crippen molar-refractivity contribution in [2.24, 2.45) is 0 Å². The first-order valence-electron chi connectivity index (χ1n) is 6.78. The summed E-state index contributed by atoms with van der Waals surface area (Å²) >= 11 is 0. The Balaban J connectivity index is 0.00000289. The summed E-state index contributed by atoms with van der Waals surface area (Å²) in [6.45, 7) is 3.30. The third-order valence-corrected chi connectivity index (χ3v) is 3.44. The van der Waals surface area contributed by atoms with Crippen molar-refractivity contribution in [2.75, 3.05) is 20.2 Å². The van der Waals surface area contributed by atoms with Crippen molar-refractivity contribution in [1.82, 2.24) is 10.6 Å². The van der Waals surface area contributed by atoms with Crippen LogP contribution in [0.2, 0.25) is 0 Å². The van der Waals surface area contributed by atoms with Crippen molar-refractivity contribution in [3.8, 4) is 0 Å². The Morgan fingerprint density at radius 1 is 1.22 bits per heavy atom. The number of hydrogen-bond donors (Lipinski definition) is 2. The molecule has 0 spiro atoms. The van der Waals surface area contributed by atoms with Gasteiger partial charge in [-0.15, -0.1) is 12.4 Å². The molecule has 5 heteroatoms. The fourth-order valence-electron chi connectivity index (χ4n) is 2.20. The number of rotatable bonds is 6. The Morgan fingerprint density at radius 2 is 1.83 bits per heavy atom. The second kappa shape index (κ2) is 10.6. The van der Waals surface area contributed by atoms with Crippen molar-refractivity contribution in [2.45, 2.75) is 57.6 Å². The minimum atomic E-state index is -0.354. The molecule has 0 aromatic carbocycles. The molecule has 108 valence electrons. The third-order valence-electron chi connectivity index (χ3n) is 3.44. The summed E-state index contributed by atoms with van der Waals surface area (Å²) in [6.07, 6.45) is 7.63. The van der Waals surface area contributed by atoms with Crippen LogP contribution in [0.1, 0.15) is 45.4 Å². The van der Waals surface area contributed by atoms with Gasteiger partial charge in [0.1, 0.15) is 6.10 Å². The molecule has 0 saturated heterocycles. The van der Waals surface area contributed by atoms with Crippen LogP contribution >= 0.6 is 12.4 Å². The molecule has 4 nitrogen and oxygen atoms in total. The number of halogens is 1. The molecule has 0 radical (unpaired) electrons. The summed E-state index contributed by atoms with van der Waals surface area (Å²) in [6, 6.07) is 0.647. The molecular formula is C13H27ClN2O2. The summed E-state index contributed by atoms with van der Waals surface area (Å²) < 4.78 is 4.94. The van der Waals surface area contributed by atoms with E-state index >= 15 is 0 Å². The number of ether oxygens (including phenoxy) is 1. The molecule has 0 aromatic heterocycles. The van der Waals surface area contributed by atoms with E-state index in [-0.39, 0.29) is 24.4 Å². The lowest BCUT2D eigenvalue weighted by Gasteiger charge is -2.17. The fraction of sp³-hybridized carbons (Fsp3) is 0.923. The van der Waals surface area contributed by atoms with Crippen LogP contribution < -0.4 is 10.6 Å². The van der Waals surface area contributed by atoms with E-state index in [2.05, 4.69) is 10.6 Å². The van der Waals surface area contributed by atoms with Gasteiger partial charge in [-0.05, 0) is 19.8 Å². The highest BCUT2D eigenvalue weighted by atomic mass is 35.5. The Labute approximate surface area is 117 Å². The quantitative estimate of drug-likeness (QED) is 0.576. The number of nitrogens with one attached hydrogen (secondary N) is 2. The Morgan fingerprint density at radius 3 is 2.39 bits per heavy atom. The summed E-state index contributed by atoms with van der Waals surface area (Å²) in [5.74, 6) is -0.0323. The highest BCUT2D eigenvalue weighted by Gasteiger charge is 2.12. The third kappa shape index (κ3) is 7.19. The maximum absolute atomic E-state index is 11.4. The smallest absolute Gasteiger partial charge is 0.248 e. The van der Waals surface area contributed by atoms with Gasteiger partial charge in [0.05, 0.1) is 0 Å². The zero-order chi connectivity index (χ0) is 12.5. The topological polar surface area (TPSA) is 50.4 Å². The molecule has 1 fully saturated rings. The molecule has 1 aliphatic carbocycles. The van der Waals surface area contributed by atoms with Gasteiger partial charge in [-0.3, -0.25) is 4.79 Å². The van der Waals surface area contributed by atoms with Crippen LogP contribution in [0.25, 0.3) is 0 Å². The van der Waals surface area contributed by atoms with Crippen molar-refractivity contribution in [3.63, 3.8) is 0 Å². The SMILES string of the molecule is COC(C)C(=O)NCCNC1CCCCCC1.Cl. The van der Waals surface area contributed by atoms with Crippen LogP contribution in [-0.2, 0) is 9.53 Å². The van der Waals surface area contributed by atoms with Crippen LogP contribution in [-0.4, -0.2) is 38.3 Å². The van der Waals surface area contributed by atoms with Gasteiger partial charge in [0.15, 0.2) is 0 Å². The maximum Gasteiger partial charge on any atom is 0.248 e. The van der Waals surface area contributed by atoms with Gasteiger partial charge in [0.25, 0.3) is 0 Å². The molecule has 1 saturated carbocycles. The first-order chi connectivity index (χ1) is 8.24. The standard InChI is InChI=1S/C13H26N2O2.ClH/c1-11(17-2)13(16)15-10-9-14-12-7-5-3-4-6-8-12;/h11-12,14H,3-10H2,1-2H3,(H,15,16);1H. The molecule has 1 atom stereocenters. The molecule has 1 aliphatic rings. The van der Waals surface area contributed by atoms with E-state index in [4.69, 9.17) is 4.74 Å². The largest absolute Gasteiger partial charge is 0.372 e. The first kappa shape index (κ1) is 17.7. The molecular weight excluding hydrogens is 252 g/mol. The second-order valence-corrected chi connectivity index (χ2v) is 4.81. The van der Waals surface area contributed by atoms with Crippen LogP contribution in [0, 0.1) is 0 Å². The molecule has 1 rings (SSSR count). The van der Waals surface area contributed by atoms with E-state index in [0.29, 0.717) is 12.6 Å². The molecule has 2 N–H and O–H groups in total. The lowest BCUT2D eigenvalue weighted by Crippen LogP contribution is -2.40. The van der Waals surface area contributed by atoms with Gasteiger partial charge in [-0.25, -0.2) is 0 Å². The van der Waals surface area contributed by atoms with Crippen LogP contribution in [0.4, 0.5) is 0 Å². The van der Waals surface area contributed by atoms with Crippen LogP contribution in [0.3, 0.4) is 0 Å². The molecule has 0 aliphatic heterocycles.